The van der Waals surface area contributed by atoms with Crippen molar-refractivity contribution < 1.29 is 4.79 Å². The number of nitrogens with two attached hydrogens (primary N) is 1. The van der Waals surface area contributed by atoms with Crippen LogP contribution in [0, 0.1) is 0 Å². The molecule has 100 valence electrons. The second kappa shape index (κ2) is 6.85. The number of hydrogen-bond donors (Lipinski definition) is 2. The lowest BCUT2D eigenvalue weighted by molar-refractivity contribution is -0.121. The monoisotopic (exact) mass is 257 g/mol. The van der Waals surface area contributed by atoms with E-state index in [1.54, 1.807) is 6.20 Å². The number of carbonyl (C=O) groups is 1. The molecular formula is C15H19N3O. The van der Waals surface area contributed by atoms with Gasteiger partial charge >= 0.3 is 0 Å². The number of unbranched alkanes of at least 4 members (excludes halogenated alkanes) is 1. The van der Waals surface area contributed by atoms with E-state index in [0.717, 1.165) is 29.3 Å². The van der Waals surface area contributed by atoms with E-state index >= 15 is 0 Å². The predicted octanol–water partition coefficient (Wildman–Crippen LogP) is 1.98. The quantitative estimate of drug-likeness (QED) is 0.777. The van der Waals surface area contributed by atoms with Crippen molar-refractivity contribution in [1.29, 1.82) is 0 Å². The van der Waals surface area contributed by atoms with Crippen molar-refractivity contribution in [1.82, 2.24) is 10.3 Å². The van der Waals surface area contributed by atoms with Gasteiger partial charge in [-0.15, -0.1) is 0 Å². The number of rotatable bonds is 6. The number of carbonyl (C=O) groups excluding carboxylic acids is 1. The van der Waals surface area contributed by atoms with Gasteiger partial charge < -0.3 is 11.1 Å². The van der Waals surface area contributed by atoms with Crippen molar-refractivity contribution in [3.8, 4) is 0 Å². The summed E-state index contributed by atoms with van der Waals surface area (Å²) < 4.78 is 0. The molecule has 0 saturated heterocycles. The zero-order valence-electron chi connectivity index (χ0n) is 10.9. The Morgan fingerprint density at radius 1 is 1.21 bits per heavy atom. The summed E-state index contributed by atoms with van der Waals surface area (Å²) in [6.45, 7) is 1.19. The van der Waals surface area contributed by atoms with Gasteiger partial charge in [-0.25, -0.2) is 0 Å². The molecule has 0 aliphatic heterocycles. The van der Waals surface area contributed by atoms with Gasteiger partial charge in [0.15, 0.2) is 0 Å². The highest BCUT2D eigenvalue weighted by Gasteiger charge is 2.04. The van der Waals surface area contributed by atoms with Gasteiger partial charge in [-0.3, -0.25) is 9.78 Å². The maximum absolute atomic E-state index is 11.7. The first-order chi connectivity index (χ1) is 9.31. The molecule has 2 rings (SSSR count). The van der Waals surface area contributed by atoms with Crippen LogP contribution >= 0.6 is 0 Å². The van der Waals surface area contributed by atoms with Crippen LogP contribution in [0.2, 0.25) is 0 Å². The number of fused-ring (bicyclic) bond motifs is 1. The maximum atomic E-state index is 11.7. The first kappa shape index (κ1) is 13.5. The standard InChI is InChI=1S/C15H19N3O/c16-9-4-3-7-15(19)18-11-12-8-10-17-14-6-2-1-5-13(12)14/h1-2,5-6,8,10H,3-4,7,9,11,16H2,(H,18,19). The third kappa shape index (κ3) is 3.76. The Bertz CT molecular complexity index is 549. The number of hydrogen-bond acceptors (Lipinski definition) is 3. The molecule has 0 aliphatic rings. The fraction of sp³-hybridized carbons (Fsp3) is 0.333. The summed E-state index contributed by atoms with van der Waals surface area (Å²) in [5, 5.41) is 4.03. The van der Waals surface area contributed by atoms with Crippen LogP contribution in [0.5, 0.6) is 0 Å². The SMILES string of the molecule is NCCCCC(=O)NCc1ccnc2ccccc12. The zero-order valence-corrected chi connectivity index (χ0v) is 10.9. The van der Waals surface area contributed by atoms with Crippen LogP contribution in [0.4, 0.5) is 0 Å². The Hall–Kier alpha value is -1.94. The van der Waals surface area contributed by atoms with E-state index in [4.69, 9.17) is 5.73 Å². The van der Waals surface area contributed by atoms with Crippen molar-refractivity contribution in [3.63, 3.8) is 0 Å². The van der Waals surface area contributed by atoms with E-state index < -0.39 is 0 Å². The Morgan fingerprint density at radius 3 is 2.89 bits per heavy atom. The van der Waals surface area contributed by atoms with Crippen LogP contribution in [0.15, 0.2) is 36.5 Å². The lowest BCUT2D eigenvalue weighted by Gasteiger charge is -2.07. The van der Waals surface area contributed by atoms with E-state index in [2.05, 4.69) is 10.3 Å². The minimum atomic E-state index is 0.0781. The molecule has 4 heteroatoms. The van der Waals surface area contributed by atoms with E-state index in [9.17, 15) is 4.79 Å². The molecule has 1 aromatic heterocycles. The second-order valence-electron chi connectivity index (χ2n) is 4.51. The summed E-state index contributed by atoms with van der Waals surface area (Å²) in [6.07, 6.45) is 4.06. The van der Waals surface area contributed by atoms with E-state index in [1.165, 1.54) is 0 Å². The Kier molecular flexibility index (Phi) is 4.86. The first-order valence-corrected chi connectivity index (χ1v) is 6.60. The number of pyridine rings is 1. The molecule has 0 atom stereocenters. The maximum Gasteiger partial charge on any atom is 0.220 e. The number of amides is 1. The molecule has 0 bridgehead atoms. The Labute approximate surface area is 113 Å². The summed E-state index contributed by atoms with van der Waals surface area (Å²) in [5.74, 6) is 0.0781. The second-order valence-corrected chi connectivity index (χ2v) is 4.51. The summed E-state index contributed by atoms with van der Waals surface area (Å²) in [4.78, 5) is 16.0. The first-order valence-electron chi connectivity index (χ1n) is 6.60. The van der Waals surface area contributed by atoms with E-state index in [-0.39, 0.29) is 5.91 Å². The fourth-order valence-corrected chi connectivity index (χ4v) is 2.02. The van der Waals surface area contributed by atoms with E-state index in [1.807, 2.05) is 30.3 Å². The molecule has 1 heterocycles. The molecule has 4 nitrogen and oxygen atoms in total. The van der Waals surface area contributed by atoms with Gasteiger partial charge in [0.1, 0.15) is 0 Å². The zero-order chi connectivity index (χ0) is 13.5. The minimum Gasteiger partial charge on any atom is -0.352 e. The molecule has 1 amide bonds. The van der Waals surface area contributed by atoms with Crippen molar-refractivity contribution in [3.05, 3.63) is 42.1 Å². The molecule has 19 heavy (non-hydrogen) atoms. The molecule has 1 aromatic carbocycles. The molecule has 3 N–H and O–H groups in total. The highest BCUT2D eigenvalue weighted by atomic mass is 16.1. The number of aromatic nitrogens is 1. The van der Waals surface area contributed by atoms with Gasteiger partial charge in [0.05, 0.1) is 5.52 Å². The summed E-state index contributed by atoms with van der Waals surface area (Å²) in [6, 6.07) is 9.89. The number of nitrogens with zero attached hydrogens (tertiary/aromatic N) is 1. The van der Waals surface area contributed by atoms with Crippen LogP contribution in [0.1, 0.15) is 24.8 Å². The number of benzene rings is 1. The molecule has 0 radical (unpaired) electrons. The van der Waals surface area contributed by atoms with Gasteiger partial charge in [-0.05, 0) is 37.1 Å². The third-order valence-electron chi connectivity index (χ3n) is 3.07. The van der Waals surface area contributed by atoms with Crippen LogP contribution < -0.4 is 11.1 Å². The molecular weight excluding hydrogens is 238 g/mol. The molecule has 0 fully saturated rings. The average Bonchev–Trinajstić information content (AvgIpc) is 2.45. The van der Waals surface area contributed by atoms with Crippen LogP contribution in [-0.2, 0) is 11.3 Å². The highest BCUT2D eigenvalue weighted by Crippen LogP contribution is 2.15. The smallest absolute Gasteiger partial charge is 0.220 e. The largest absolute Gasteiger partial charge is 0.352 e. The fourth-order valence-electron chi connectivity index (χ4n) is 2.02. The average molecular weight is 257 g/mol. The lowest BCUT2D eigenvalue weighted by Crippen LogP contribution is -2.22. The summed E-state index contributed by atoms with van der Waals surface area (Å²) in [7, 11) is 0. The van der Waals surface area contributed by atoms with Crippen molar-refractivity contribution >= 4 is 16.8 Å². The topological polar surface area (TPSA) is 68.0 Å². The van der Waals surface area contributed by atoms with E-state index in [0.29, 0.717) is 19.5 Å². The number of nitrogens with one attached hydrogen (secondary N) is 1. The molecule has 0 saturated carbocycles. The number of para-hydroxylation sites is 1. The Balaban J connectivity index is 1.96. The molecule has 2 aromatic rings. The van der Waals surface area contributed by atoms with Crippen LogP contribution in [0.3, 0.4) is 0 Å². The molecule has 0 unspecified atom stereocenters. The minimum absolute atomic E-state index is 0.0781. The van der Waals surface area contributed by atoms with Crippen molar-refractivity contribution in [2.24, 2.45) is 5.73 Å². The normalized spacial score (nSPS) is 10.6. The van der Waals surface area contributed by atoms with Gasteiger partial charge in [0.2, 0.25) is 5.91 Å². The lowest BCUT2D eigenvalue weighted by atomic mass is 10.1. The van der Waals surface area contributed by atoms with Crippen molar-refractivity contribution in [2.75, 3.05) is 6.54 Å². The molecule has 0 spiro atoms. The van der Waals surface area contributed by atoms with Crippen molar-refractivity contribution in [2.45, 2.75) is 25.8 Å². The van der Waals surface area contributed by atoms with Gasteiger partial charge in [0.25, 0.3) is 0 Å². The van der Waals surface area contributed by atoms with Gasteiger partial charge in [-0.1, -0.05) is 18.2 Å². The van der Waals surface area contributed by atoms with Gasteiger partial charge in [0, 0.05) is 24.5 Å². The summed E-state index contributed by atoms with van der Waals surface area (Å²) in [5.41, 5.74) is 7.45. The van der Waals surface area contributed by atoms with Crippen LogP contribution in [-0.4, -0.2) is 17.4 Å². The Morgan fingerprint density at radius 2 is 2.05 bits per heavy atom. The highest BCUT2D eigenvalue weighted by molar-refractivity contribution is 5.82. The summed E-state index contributed by atoms with van der Waals surface area (Å²) >= 11 is 0. The van der Waals surface area contributed by atoms with Gasteiger partial charge in [-0.2, -0.15) is 0 Å². The van der Waals surface area contributed by atoms with Crippen LogP contribution in [0.25, 0.3) is 10.9 Å². The molecule has 0 aliphatic carbocycles. The predicted molar refractivity (Wildman–Crippen MR) is 76.5 cm³/mol. The third-order valence-corrected chi connectivity index (χ3v) is 3.07.